The first-order chi connectivity index (χ1) is 15.9. The van der Waals surface area contributed by atoms with E-state index < -0.39 is 12.0 Å². The minimum absolute atomic E-state index is 0.180. The molecule has 5 heterocycles. The largest absolute Gasteiger partial charge is 0.366 e. The molecule has 0 unspecified atom stereocenters. The molecule has 0 N–H and O–H groups in total. The molecule has 0 spiro atoms. The second-order valence-corrected chi connectivity index (χ2v) is 8.30. The standard InChI is InChI=1S/C23H23N5O5/c1-14-18-21(25-12-24-14)28(13-26-18)22-20-19(32-23(2,3)33-20)17(31-22)11-30-9-5-8-15-6-4-7-16(10-29)27-15/h4,6-7,10,12-13,17,19-20,22H,9,11H2,1-3H3/t17-,19-,20-,22-/m1/s1. The molecule has 10 nitrogen and oxygen atoms in total. The van der Waals surface area contributed by atoms with Crippen molar-refractivity contribution in [3.05, 3.63) is 47.9 Å². The van der Waals surface area contributed by atoms with Crippen LogP contribution >= 0.6 is 0 Å². The van der Waals surface area contributed by atoms with Gasteiger partial charge in [0.2, 0.25) is 0 Å². The van der Waals surface area contributed by atoms with Crippen molar-refractivity contribution in [3.8, 4) is 11.8 Å². The van der Waals surface area contributed by atoms with Gasteiger partial charge in [0.1, 0.15) is 48.2 Å². The molecule has 4 atom stereocenters. The Labute approximate surface area is 190 Å². The number of aromatic nitrogens is 5. The molecule has 3 aromatic heterocycles. The molecule has 2 aliphatic heterocycles. The van der Waals surface area contributed by atoms with Crippen LogP contribution in [0.15, 0.2) is 30.9 Å². The van der Waals surface area contributed by atoms with Crippen LogP contribution in [0.2, 0.25) is 0 Å². The number of aryl methyl sites for hydroxylation is 1. The molecule has 170 valence electrons. The van der Waals surface area contributed by atoms with Gasteiger partial charge in [-0.15, -0.1) is 0 Å². The van der Waals surface area contributed by atoms with E-state index >= 15 is 0 Å². The highest BCUT2D eigenvalue weighted by molar-refractivity contribution is 5.73. The van der Waals surface area contributed by atoms with E-state index in [1.54, 1.807) is 24.5 Å². The van der Waals surface area contributed by atoms with Crippen molar-refractivity contribution < 1.29 is 23.7 Å². The lowest BCUT2D eigenvalue weighted by molar-refractivity contribution is -0.201. The number of fused-ring (bicyclic) bond motifs is 2. The normalized spacial score (nSPS) is 25.5. The van der Waals surface area contributed by atoms with Crippen LogP contribution in [0, 0.1) is 18.8 Å². The van der Waals surface area contributed by atoms with Crippen LogP contribution in [-0.4, -0.2) is 68.1 Å². The van der Waals surface area contributed by atoms with Crippen LogP contribution < -0.4 is 0 Å². The minimum Gasteiger partial charge on any atom is -0.366 e. The molecule has 2 aliphatic rings. The molecule has 10 heteroatoms. The van der Waals surface area contributed by atoms with Gasteiger partial charge in [0.25, 0.3) is 0 Å². The lowest BCUT2D eigenvalue weighted by Crippen LogP contribution is -2.33. The summed E-state index contributed by atoms with van der Waals surface area (Å²) in [6, 6.07) is 5.10. The summed E-state index contributed by atoms with van der Waals surface area (Å²) in [6.07, 6.45) is 2.40. The zero-order valence-electron chi connectivity index (χ0n) is 18.5. The number of carbonyl (C=O) groups is 1. The zero-order valence-corrected chi connectivity index (χ0v) is 18.5. The highest BCUT2D eigenvalue weighted by atomic mass is 16.8. The van der Waals surface area contributed by atoms with E-state index in [1.165, 1.54) is 6.33 Å². The van der Waals surface area contributed by atoms with Crippen LogP contribution in [0.3, 0.4) is 0 Å². The molecule has 0 bridgehead atoms. The number of rotatable bonds is 5. The first-order valence-corrected chi connectivity index (χ1v) is 10.6. The molecule has 0 aromatic carbocycles. The number of pyridine rings is 1. The topological polar surface area (TPSA) is 110 Å². The maximum absolute atomic E-state index is 10.8. The number of nitrogens with zero attached hydrogens (tertiary/aromatic N) is 5. The zero-order chi connectivity index (χ0) is 23.0. The van der Waals surface area contributed by atoms with Crippen LogP contribution in [0.4, 0.5) is 0 Å². The van der Waals surface area contributed by atoms with Crippen LogP contribution in [-0.2, 0) is 18.9 Å². The summed E-state index contributed by atoms with van der Waals surface area (Å²) in [7, 11) is 0. The number of hydrogen-bond acceptors (Lipinski definition) is 9. The number of carbonyl (C=O) groups excluding carboxylic acids is 1. The van der Waals surface area contributed by atoms with Gasteiger partial charge in [0.05, 0.1) is 18.6 Å². The van der Waals surface area contributed by atoms with Crippen molar-refractivity contribution >= 4 is 17.5 Å². The first kappa shape index (κ1) is 21.6. The number of ether oxygens (including phenoxy) is 4. The smallest absolute Gasteiger partial charge is 0.168 e. The summed E-state index contributed by atoms with van der Waals surface area (Å²) in [5, 5.41) is 0. The van der Waals surface area contributed by atoms with Crippen molar-refractivity contribution in [1.82, 2.24) is 24.5 Å². The lowest BCUT2D eigenvalue weighted by atomic mass is 10.1. The second-order valence-electron chi connectivity index (χ2n) is 8.30. The highest BCUT2D eigenvalue weighted by Gasteiger charge is 2.56. The molecule has 5 rings (SSSR count). The Morgan fingerprint density at radius 1 is 1.21 bits per heavy atom. The predicted octanol–water partition coefficient (Wildman–Crippen LogP) is 1.83. The average molecular weight is 449 g/mol. The van der Waals surface area contributed by atoms with Gasteiger partial charge in [-0.2, -0.15) is 0 Å². The van der Waals surface area contributed by atoms with E-state index in [-0.39, 0.29) is 31.5 Å². The Morgan fingerprint density at radius 2 is 2.06 bits per heavy atom. The van der Waals surface area contributed by atoms with Crippen molar-refractivity contribution in [1.29, 1.82) is 0 Å². The van der Waals surface area contributed by atoms with Gasteiger partial charge in [-0.05, 0) is 38.8 Å². The maximum atomic E-state index is 10.8. The SMILES string of the molecule is Cc1ncnc2c1ncn2[C@@H]1O[C@H](COCC#Cc2cccc(C=O)n2)[C@H]2OC(C)(C)O[C@H]21. The van der Waals surface area contributed by atoms with Gasteiger partial charge in [0, 0.05) is 0 Å². The lowest BCUT2D eigenvalue weighted by Gasteiger charge is -2.24. The molecule has 0 saturated carbocycles. The van der Waals surface area contributed by atoms with Crippen LogP contribution in [0.1, 0.15) is 42.0 Å². The Hall–Kier alpha value is -3.23. The van der Waals surface area contributed by atoms with Gasteiger partial charge in [-0.25, -0.2) is 19.9 Å². The summed E-state index contributed by atoms with van der Waals surface area (Å²) in [5.41, 5.74) is 3.05. The fourth-order valence-corrected chi connectivity index (χ4v) is 4.11. The third kappa shape index (κ3) is 4.24. The van der Waals surface area contributed by atoms with E-state index in [1.807, 2.05) is 25.3 Å². The van der Waals surface area contributed by atoms with Gasteiger partial charge in [0.15, 0.2) is 23.9 Å². The van der Waals surface area contributed by atoms with Crippen LogP contribution in [0.5, 0.6) is 0 Å². The first-order valence-electron chi connectivity index (χ1n) is 10.6. The third-order valence-electron chi connectivity index (χ3n) is 5.51. The molecule has 0 amide bonds. The third-order valence-corrected chi connectivity index (χ3v) is 5.51. The van der Waals surface area contributed by atoms with Gasteiger partial charge < -0.3 is 18.9 Å². The van der Waals surface area contributed by atoms with Crippen molar-refractivity contribution in [2.75, 3.05) is 13.2 Å². The quantitative estimate of drug-likeness (QED) is 0.327. The highest BCUT2D eigenvalue weighted by Crippen LogP contribution is 2.43. The van der Waals surface area contributed by atoms with Gasteiger partial charge in [-0.3, -0.25) is 9.36 Å². The fourth-order valence-electron chi connectivity index (χ4n) is 4.11. The molecule has 33 heavy (non-hydrogen) atoms. The summed E-state index contributed by atoms with van der Waals surface area (Å²) in [4.78, 5) is 28.0. The molecular weight excluding hydrogens is 426 g/mol. The predicted molar refractivity (Wildman–Crippen MR) is 115 cm³/mol. The molecule has 0 radical (unpaired) electrons. The van der Waals surface area contributed by atoms with E-state index in [0.29, 0.717) is 23.3 Å². The monoisotopic (exact) mass is 449 g/mol. The van der Waals surface area contributed by atoms with Crippen LogP contribution in [0.25, 0.3) is 11.2 Å². The molecule has 3 aromatic rings. The Kier molecular flexibility index (Phi) is 5.64. The summed E-state index contributed by atoms with van der Waals surface area (Å²) >= 11 is 0. The van der Waals surface area contributed by atoms with Crippen molar-refractivity contribution in [3.63, 3.8) is 0 Å². The summed E-state index contributed by atoms with van der Waals surface area (Å²) < 4.78 is 26.2. The summed E-state index contributed by atoms with van der Waals surface area (Å²) in [5.74, 6) is 5.06. The van der Waals surface area contributed by atoms with E-state index in [9.17, 15) is 4.79 Å². The number of imidazole rings is 1. The summed E-state index contributed by atoms with van der Waals surface area (Å²) in [6.45, 7) is 6.10. The maximum Gasteiger partial charge on any atom is 0.168 e. The average Bonchev–Trinajstić information content (AvgIpc) is 3.45. The van der Waals surface area contributed by atoms with E-state index in [4.69, 9.17) is 18.9 Å². The van der Waals surface area contributed by atoms with Crippen molar-refractivity contribution in [2.45, 2.75) is 51.1 Å². The molecule has 2 fully saturated rings. The Balaban J connectivity index is 1.29. The van der Waals surface area contributed by atoms with Gasteiger partial charge in [-0.1, -0.05) is 12.0 Å². The van der Waals surface area contributed by atoms with E-state index in [0.717, 1.165) is 11.2 Å². The number of hydrogen-bond donors (Lipinski definition) is 0. The molecule has 2 saturated heterocycles. The minimum atomic E-state index is -0.744. The Bertz CT molecular complexity index is 1250. The molecular formula is C23H23N5O5. The van der Waals surface area contributed by atoms with Crippen molar-refractivity contribution in [2.24, 2.45) is 0 Å². The second kappa shape index (κ2) is 8.61. The van der Waals surface area contributed by atoms with Gasteiger partial charge >= 0.3 is 0 Å². The van der Waals surface area contributed by atoms with E-state index in [2.05, 4.69) is 31.8 Å². The Morgan fingerprint density at radius 3 is 2.91 bits per heavy atom. The number of aldehydes is 1. The fraction of sp³-hybridized carbons (Fsp3) is 0.435. The molecule has 0 aliphatic carbocycles.